The molecule has 0 aliphatic heterocycles. The van der Waals surface area contributed by atoms with Crippen molar-refractivity contribution < 1.29 is 9.47 Å². The molecule has 2 nitrogen and oxygen atoms in total. The van der Waals surface area contributed by atoms with Gasteiger partial charge in [0.15, 0.2) is 6.29 Å². The van der Waals surface area contributed by atoms with Crippen molar-refractivity contribution in [1.29, 1.82) is 0 Å². The summed E-state index contributed by atoms with van der Waals surface area (Å²) in [5, 5.41) is 0. The maximum Gasteiger partial charge on any atom is 0.199 e. The van der Waals surface area contributed by atoms with E-state index in [1.165, 1.54) is 18.4 Å². The lowest BCUT2D eigenvalue weighted by Crippen LogP contribution is -2.18. The van der Waals surface area contributed by atoms with E-state index in [4.69, 9.17) is 9.47 Å². The van der Waals surface area contributed by atoms with Crippen LogP contribution >= 0.6 is 0 Å². The predicted molar refractivity (Wildman–Crippen MR) is 64.8 cm³/mol. The van der Waals surface area contributed by atoms with Gasteiger partial charge in [-0.1, -0.05) is 25.5 Å². The largest absolute Gasteiger partial charge is 0.465 e. The van der Waals surface area contributed by atoms with Gasteiger partial charge in [-0.2, -0.15) is 0 Å². The number of methoxy groups -OCH3 is 1. The summed E-state index contributed by atoms with van der Waals surface area (Å²) < 4.78 is 11.0. The molecule has 1 saturated carbocycles. The fourth-order valence-electron chi connectivity index (χ4n) is 1.85. The molecule has 16 heavy (non-hydrogen) atoms. The van der Waals surface area contributed by atoms with E-state index in [0.717, 1.165) is 24.5 Å². The standard InChI is InChI=1S/C14H20O2/c1-3-4-14(15-2)16-13-9-7-12(8-10-13)11-5-6-11/h7-11,14H,3-6H2,1-2H3. The molecule has 1 atom stereocenters. The molecule has 2 heteroatoms. The van der Waals surface area contributed by atoms with E-state index in [2.05, 4.69) is 31.2 Å². The smallest absolute Gasteiger partial charge is 0.199 e. The van der Waals surface area contributed by atoms with Gasteiger partial charge in [0.2, 0.25) is 0 Å². The van der Waals surface area contributed by atoms with Crippen LogP contribution in [0, 0.1) is 0 Å². The van der Waals surface area contributed by atoms with Gasteiger partial charge in [0.05, 0.1) is 0 Å². The zero-order valence-electron chi connectivity index (χ0n) is 10.1. The van der Waals surface area contributed by atoms with E-state index in [-0.39, 0.29) is 6.29 Å². The van der Waals surface area contributed by atoms with Gasteiger partial charge in [-0.3, -0.25) is 0 Å². The van der Waals surface area contributed by atoms with Gasteiger partial charge >= 0.3 is 0 Å². The van der Waals surface area contributed by atoms with Gasteiger partial charge in [-0.15, -0.1) is 0 Å². The Morgan fingerprint density at radius 1 is 1.25 bits per heavy atom. The molecule has 1 aromatic rings. The highest BCUT2D eigenvalue weighted by atomic mass is 16.7. The fraction of sp³-hybridized carbons (Fsp3) is 0.571. The highest BCUT2D eigenvalue weighted by Crippen LogP contribution is 2.40. The van der Waals surface area contributed by atoms with E-state index >= 15 is 0 Å². The first kappa shape index (κ1) is 11.5. The Bertz CT molecular complexity index is 314. The van der Waals surface area contributed by atoms with Crippen LogP contribution in [0.25, 0.3) is 0 Å². The van der Waals surface area contributed by atoms with E-state index < -0.39 is 0 Å². The van der Waals surface area contributed by atoms with Crippen molar-refractivity contribution >= 4 is 0 Å². The lowest BCUT2D eigenvalue weighted by Gasteiger charge is -2.16. The molecule has 1 aliphatic rings. The molecule has 0 radical (unpaired) electrons. The molecular formula is C14H20O2. The summed E-state index contributed by atoms with van der Waals surface area (Å²) >= 11 is 0. The number of ether oxygens (including phenoxy) is 2. The number of benzene rings is 1. The average Bonchev–Trinajstić information content (AvgIpc) is 3.13. The Morgan fingerprint density at radius 2 is 1.94 bits per heavy atom. The van der Waals surface area contributed by atoms with Crippen LogP contribution in [0.15, 0.2) is 24.3 Å². The Labute approximate surface area is 97.6 Å². The van der Waals surface area contributed by atoms with Gasteiger partial charge in [-0.25, -0.2) is 0 Å². The molecule has 88 valence electrons. The second kappa shape index (κ2) is 5.35. The SMILES string of the molecule is CCCC(OC)Oc1ccc(C2CC2)cc1. The van der Waals surface area contributed by atoms with Crippen molar-refractivity contribution in [3.63, 3.8) is 0 Å². The van der Waals surface area contributed by atoms with Crippen molar-refractivity contribution in [3.05, 3.63) is 29.8 Å². The minimum Gasteiger partial charge on any atom is -0.465 e. The lowest BCUT2D eigenvalue weighted by molar-refractivity contribution is -0.0583. The van der Waals surface area contributed by atoms with Crippen LogP contribution in [0.3, 0.4) is 0 Å². The molecule has 2 rings (SSSR count). The number of rotatable bonds is 6. The Morgan fingerprint density at radius 3 is 2.44 bits per heavy atom. The van der Waals surface area contributed by atoms with Crippen molar-refractivity contribution in [2.24, 2.45) is 0 Å². The van der Waals surface area contributed by atoms with Crippen LogP contribution in [-0.4, -0.2) is 13.4 Å². The Kier molecular flexibility index (Phi) is 3.83. The van der Waals surface area contributed by atoms with E-state index in [1.54, 1.807) is 7.11 Å². The molecule has 0 aromatic heterocycles. The van der Waals surface area contributed by atoms with Crippen molar-refractivity contribution in [3.8, 4) is 5.75 Å². The Hall–Kier alpha value is -1.02. The zero-order chi connectivity index (χ0) is 11.4. The van der Waals surface area contributed by atoms with Crippen LogP contribution < -0.4 is 4.74 Å². The lowest BCUT2D eigenvalue weighted by atomic mass is 10.1. The molecule has 1 fully saturated rings. The van der Waals surface area contributed by atoms with Crippen molar-refractivity contribution in [2.45, 2.75) is 44.8 Å². The maximum atomic E-state index is 5.74. The van der Waals surface area contributed by atoms with E-state index in [1.807, 2.05) is 0 Å². The summed E-state index contributed by atoms with van der Waals surface area (Å²) in [6, 6.07) is 8.45. The van der Waals surface area contributed by atoms with Gasteiger partial charge in [0.1, 0.15) is 5.75 Å². The topological polar surface area (TPSA) is 18.5 Å². The first-order valence-electron chi connectivity index (χ1n) is 6.13. The zero-order valence-corrected chi connectivity index (χ0v) is 10.1. The van der Waals surface area contributed by atoms with Crippen LogP contribution in [0.5, 0.6) is 5.75 Å². The first-order chi connectivity index (χ1) is 7.83. The predicted octanol–water partition coefficient (Wildman–Crippen LogP) is 3.72. The molecule has 1 aromatic carbocycles. The maximum absolute atomic E-state index is 5.74. The molecular weight excluding hydrogens is 200 g/mol. The highest BCUT2D eigenvalue weighted by Gasteiger charge is 2.23. The van der Waals surface area contributed by atoms with E-state index in [9.17, 15) is 0 Å². The van der Waals surface area contributed by atoms with Crippen LogP contribution in [-0.2, 0) is 4.74 Å². The van der Waals surface area contributed by atoms with Crippen molar-refractivity contribution in [1.82, 2.24) is 0 Å². The quantitative estimate of drug-likeness (QED) is 0.680. The highest BCUT2D eigenvalue weighted by molar-refractivity contribution is 5.31. The molecule has 0 saturated heterocycles. The summed E-state index contributed by atoms with van der Waals surface area (Å²) in [7, 11) is 1.69. The molecule has 0 bridgehead atoms. The summed E-state index contributed by atoms with van der Waals surface area (Å²) in [6.45, 7) is 2.13. The second-order valence-corrected chi connectivity index (χ2v) is 4.42. The van der Waals surface area contributed by atoms with E-state index in [0.29, 0.717) is 0 Å². The molecule has 1 unspecified atom stereocenters. The van der Waals surface area contributed by atoms with Crippen LogP contribution in [0.1, 0.15) is 44.1 Å². The Balaban J connectivity index is 1.92. The molecule has 0 heterocycles. The average molecular weight is 220 g/mol. The molecule has 0 amide bonds. The molecule has 0 N–H and O–H groups in total. The van der Waals surface area contributed by atoms with Gasteiger partial charge in [0.25, 0.3) is 0 Å². The van der Waals surface area contributed by atoms with Gasteiger partial charge in [0, 0.05) is 13.5 Å². The van der Waals surface area contributed by atoms with Crippen LogP contribution in [0.2, 0.25) is 0 Å². The van der Waals surface area contributed by atoms with Gasteiger partial charge in [-0.05, 0) is 36.5 Å². The fourth-order valence-corrected chi connectivity index (χ4v) is 1.85. The third-order valence-corrected chi connectivity index (χ3v) is 2.98. The summed E-state index contributed by atoms with van der Waals surface area (Å²) in [6.07, 6.45) is 4.57. The van der Waals surface area contributed by atoms with Gasteiger partial charge < -0.3 is 9.47 Å². The summed E-state index contributed by atoms with van der Waals surface area (Å²) in [4.78, 5) is 0. The third-order valence-electron chi connectivity index (χ3n) is 2.98. The number of hydrogen-bond acceptors (Lipinski definition) is 2. The van der Waals surface area contributed by atoms with Crippen molar-refractivity contribution in [2.75, 3.05) is 7.11 Å². The normalized spacial score (nSPS) is 17.1. The monoisotopic (exact) mass is 220 g/mol. The molecule has 0 spiro atoms. The number of hydrogen-bond donors (Lipinski definition) is 0. The second-order valence-electron chi connectivity index (χ2n) is 4.42. The summed E-state index contributed by atoms with van der Waals surface area (Å²) in [5.74, 6) is 1.72. The van der Waals surface area contributed by atoms with Crippen LogP contribution in [0.4, 0.5) is 0 Å². The third kappa shape index (κ3) is 2.99. The minimum absolute atomic E-state index is 0.114. The first-order valence-corrected chi connectivity index (χ1v) is 6.13. The molecule has 1 aliphatic carbocycles. The minimum atomic E-state index is -0.114. The summed E-state index contributed by atoms with van der Waals surface area (Å²) in [5.41, 5.74) is 1.44.